The summed E-state index contributed by atoms with van der Waals surface area (Å²) >= 11 is 0. The molecule has 1 aliphatic rings. The maximum absolute atomic E-state index is 12.7. The van der Waals surface area contributed by atoms with Gasteiger partial charge in [-0.25, -0.2) is 4.98 Å². The zero-order chi connectivity index (χ0) is 15.9. The first-order valence-electron chi connectivity index (χ1n) is 7.33. The molecule has 110 valence electrons. The summed E-state index contributed by atoms with van der Waals surface area (Å²) in [5.74, 6) is -0.465. The summed E-state index contributed by atoms with van der Waals surface area (Å²) in [5.41, 5.74) is 3.97. The highest BCUT2D eigenvalue weighted by molar-refractivity contribution is 6.31. The molecule has 0 N–H and O–H groups in total. The maximum atomic E-state index is 12.7. The highest BCUT2D eigenvalue weighted by atomic mass is 16.1. The van der Waals surface area contributed by atoms with E-state index in [4.69, 9.17) is 0 Å². The first-order valence-corrected chi connectivity index (χ1v) is 7.33. The quantitative estimate of drug-likeness (QED) is 0.624. The fourth-order valence-electron chi connectivity index (χ4n) is 2.74. The number of nitrogens with zero attached hydrogens (tertiary/aromatic N) is 1. The van der Waals surface area contributed by atoms with Crippen molar-refractivity contribution in [2.75, 3.05) is 0 Å². The van der Waals surface area contributed by atoms with Crippen LogP contribution in [-0.4, -0.2) is 16.6 Å². The Bertz CT molecular complexity index is 818. The van der Waals surface area contributed by atoms with Crippen molar-refractivity contribution in [3.8, 4) is 0 Å². The first-order chi connectivity index (χ1) is 10.5. The van der Waals surface area contributed by atoms with Gasteiger partial charge in [-0.05, 0) is 31.0 Å². The van der Waals surface area contributed by atoms with Crippen LogP contribution in [0.15, 0.2) is 48.0 Å². The Hall–Kier alpha value is -2.55. The highest BCUT2D eigenvalue weighted by Crippen LogP contribution is 2.30. The smallest absolute Gasteiger partial charge is 0.214 e. The number of benzene rings is 1. The third kappa shape index (κ3) is 2.29. The number of ketones is 2. The van der Waals surface area contributed by atoms with E-state index in [2.05, 4.69) is 4.98 Å². The van der Waals surface area contributed by atoms with Crippen molar-refractivity contribution >= 4 is 11.6 Å². The molecule has 1 aromatic heterocycles. The lowest BCUT2D eigenvalue weighted by Crippen LogP contribution is -2.21. The van der Waals surface area contributed by atoms with Gasteiger partial charge in [0.25, 0.3) is 0 Å². The third-order valence-electron chi connectivity index (χ3n) is 4.18. The molecule has 0 bridgehead atoms. The van der Waals surface area contributed by atoms with Gasteiger partial charge in [-0.1, -0.05) is 43.3 Å². The molecule has 22 heavy (non-hydrogen) atoms. The monoisotopic (exact) mass is 291 g/mol. The SMILES string of the molecule is Cc1ccc(C(=O)C2=CC(C)c3ccccc3C2=O)nc1C. The lowest BCUT2D eigenvalue weighted by atomic mass is 9.82. The number of hydrogen-bond acceptors (Lipinski definition) is 3. The van der Waals surface area contributed by atoms with Gasteiger partial charge in [0.2, 0.25) is 5.78 Å². The van der Waals surface area contributed by atoms with Crippen molar-refractivity contribution in [2.45, 2.75) is 26.7 Å². The van der Waals surface area contributed by atoms with Crippen LogP contribution in [-0.2, 0) is 0 Å². The molecule has 1 aliphatic carbocycles. The molecule has 0 aliphatic heterocycles. The predicted octanol–water partition coefficient (Wildman–Crippen LogP) is 3.81. The van der Waals surface area contributed by atoms with E-state index >= 15 is 0 Å². The fraction of sp³-hybridized carbons (Fsp3) is 0.211. The van der Waals surface area contributed by atoms with Crippen LogP contribution in [0.2, 0.25) is 0 Å². The van der Waals surface area contributed by atoms with Gasteiger partial charge in [0.15, 0.2) is 5.78 Å². The molecule has 2 aromatic rings. The minimum absolute atomic E-state index is 0.0411. The summed E-state index contributed by atoms with van der Waals surface area (Å²) in [7, 11) is 0. The number of aromatic nitrogens is 1. The maximum Gasteiger partial charge on any atom is 0.214 e. The van der Waals surface area contributed by atoms with Crippen LogP contribution in [0, 0.1) is 13.8 Å². The summed E-state index contributed by atoms with van der Waals surface area (Å²) in [4.78, 5) is 29.6. The van der Waals surface area contributed by atoms with Gasteiger partial charge in [-0.15, -0.1) is 0 Å². The second-order valence-corrected chi connectivity index (χ2v) is 5.71. The van der Waals surface area contributed by atoms with Crippen LogP contribution in [0.1, 0.15) is 50.5 Å². The molecule has 1 unspecified atom stereocenters. The molecule has 3 heteroatoms. The zero-order valence-corrected chi connectivity index (χ0v) is 12.9. The van der Waals surface area contributed by atoms with Crippen LogP contribution in [0.4, 0.5) is 0 Å². The summed E-state index contributed by atoms with van der Waals surface area (Å²) in [6.45, 7) is 5.80. The van der Waals surface area contributed by atoms with Crippen molar-refractivity contribution in [2.24, 2.45) is 0 Å². The number of carbonyl (C=O) groups excluding carboxylic acids is 2. The van der Waals surface area contributed by atoms with E-state index in [0.29, 0.717) is 11.3 Å². The van der Waals surface area contributed by atoms with Crippen molar-refractivity contribution in [3.05, 3.63) is 76.1 Å². The highest BCUT2D eigenvalue weighted by Gasteiger charge is 2.29. The van der Waals surface area contributed by atoms with Gasteiger partial charge in [0, 0.05) is 17.2 Å². The second-order valence-electron chi connectivity index (χ2n) is 5.71. The Morgan fingerprint density at radius 3 is 2.55 bits per heavy atom. The average Bonchev–Trinajstić information content (AvgIpc) is 2.53. The molecule has 0 radical (unpaired) electrons. The Balaban J connectivity index is 2.03. The predicted molar refractivity (Wildman–Crippen MR) is 85.3 cm³/mol. The molecule has 0 saturated carbocycles. The van der Waals surface area contributed by atoms with Crippen molar-refractivity contribution in [3.63, 3.8) is 0 Å². The second kappa shape index (κ2) is 5.34. The fourth-order valence-corrected chi connectivity index (χ4v) is 2.74. The average molecular weight is 291 g/mol. The molecule has 0 spiro atoms. The van der Waals surface area contributed by atoms with E-state index in [0.717, 1.165) is 16.8 Å². The Morgan fingerprint density at radius 1 is 1.09 bits per heavy atom. The van der Waals surface area contributed by atoms with Gasteiger partial charge < -0.3 is 0 Å². The molecular weight excluding hydrogens is 274 g/mol. The molecule has 1 aromatic carbocycles. The first kappa shape index (κ1) is 14.4. The van der Waals surface area contributed by atoms with E-state index in [9.17, 15) is 9.59 Å². The van der Waals surface area contributed by atoms with Gasteiger partial charge in [-0.2, -0.15) is 0 Å². The van der Waals surface area contributed by atoms with Crippen molar-refractivity contribution < 1.29 is 9.59 Å². The number of carbonyl (C=O) groups is 2. The molecule has 3 nitrogen and oxygen atoms in total. The van der Waals surface area contributed by atoms with Gasteiger partial charge in [0.1, 0.15) is 5.69 Å². The summed E-state index contributed by atoms with van der Waals surface area (Å²) in [6.07, 6.45) is 1.75. The number of aryl methyl sites for hydroxylation is 2. The van der Waals surface area contributed by atoms with Gasteiger partial charge in [0.05, 0.1) is 5.57 Å². The summed E-state index contributed by atoms with van der Waals surface area (Å²) in [5, 5.41) is 0. The summed E-state index contributed by atoms with van der Waals surface area (Å²) in [6, 6.07) is 11.0. The minimum Gasteiger partial charge on any atom is -0.288 e. The number of Topliss-reactive ketones (excluding diaryl/α,β-unsaturated/α-hetero) is 2. The van der Waals surface area contributed by atoms with E-state index in [1.165, 1.54) is 0 Å². The van der Waals surface area contributed by atoms with E-state index in [-0.39, 0.29) is 23.1 Å². The number of hydrogen-bond donors (Lipinski definition) is 0. The molecule has 1 heterocycles. The van der Waals surface area contributed by atoms with Gasteiger partial charge in [-0.3, -0.25) is 9.59 Å². The van der Waals surface area contributed by atoms with Crippen LogP contribution < -0.4 is 0 Å². The van der Waals surface area contributed by atoms with E-state index < -0.39 is 0 Å². The summed E-state index contributed by atoms with van der Waals surface area (Å²) < 4.78 is 0. The molecule has 0 fully saturated rings. The van der Waals surface area contributed by atoms with E-state index in [1.54, 1.807) is 18.2 Å². The Morgan fingerprint density at radius 2 is 1.82 bits per heavy atom. The Kier molecular flexibility index (Phi) is 3.49. The standard InChI is InChI=1S/C19H17NO2/c1-11-8-9-17(20-13(11)3)19(22)16-10-12(2)14-6-4-5-7-15(14)18(16)21/h4-10,12H,1-3H3. The molecule has 0 saturated heterocycles. The number of allylic oxidation sites excluding steroid dienone is 2. The van der Waals surface area contributed by atoms with E-state index in [1.807, 2.05) is 45.0 Å². The largest absolute Gasteiger partial charge is 0.288 e. The number of fused-ring (bicyclic) bond motifs is 1. The molecular formula is C19H17NO2. The van der Waals surface area contributed by atoms with Gasteiger partial charge >= 0.3 is 0 Å². The van der Waals surface area contributed by atoms with Crippen molar-refractivity contribution in [1.29, 1.82) is 0 Å². The van der Waals surface area contributed by atoms with Crippen LogP contribution in [0.3, 0.4) is 0 Å². The topological polar surface area (TPSA) is 47.0 Å². The molecule has 0 amide bonds. The minimum atomic E-state index is -0.297. The normalized spacial score (nSPS) is 17.0. The van der Waals surface area contributed by atoms with Crippen LogP contribution in [0.5, 0.6) is 0 Å². The zero-order valence-electron chi connectivity index (χ0n) is 12.9. The Labute approximate surface area is 129 Å². The van der Waals surface area contributed by atoms with Crippen molar-refractivity contribution in [1.82, 2.24) is 4.98 Å². The number of rotatable bonds is 2. The van der Waals surface area contributed by atoms with Crippen LogP contribution >= 0.6 is 0 Å². The molecule has 1 atom stereocenters. The number of pyridine rings is 1. The lowest BCUT2D eigenvalue weighted by molar-refractivity contribution is 0.0956. The lowest BCUT2D eigenvalue weighted by Gasteiger charge is -2.20. The third-order valence-corrected chi connectivity index (χ3v) is 4.18. The van der Waals surface area contributed by atoms with Crippen LogP contribution in [0.25, 0.3) is 0 Å². The molecule has 3 rings (SSSR count).